The Kier molecular flexibility index (Phi) is 1.34. The summed E-state index contributed by atoms with van der Waals surface area (Å²) in [6.07, 6.45) is 7.22. The molecule has 0 fully saturated rings. The van der Waals surface area contributed by atoms with Gasteiger partial charge in [-0.1, -0.05) is 6.08 Å². The maximum absolute atomic E-state index is 4.12. The first-order chi connectivity index (χ1) is 4.47. The number of hydrogen-bond acceptors (Lipinski definition) is 2. The molecular weight excluding hydrogens is 130 g/mol. The van der Waals surface area contributed by atoms with Crippen molar-refractivity contribution in [1.82, 2.24) is 0 Å². The van der Waals surface area contributed by atoms with E-state index in [4.69, 9.17) is 0 Å². The fourth-order valence-electron chi connectivity index (χ4n) is 1.05. The van der Waals surface area contributed by atoms with E-state index in [2.05, 4.69) is 22.9 Å². The number of fused-ring (bicyclic) bond motifs is 1. The Labute approximate surface area is 59.2 Å². The topological polar surface area (TPSA) is 12.4 Å². The maximum atomic E-state index is 4.12. The first-order valence-corrected chi connectivity index (χ1v) is 3.97. The van der Waals surface area contributed by atoms with Crippen LogP contribution in [0, 0.1) is 12.3 Å². The number of nitrogens with zero attached hydrogens (tertiary/aromatic N) is 1. The van der Waals surface area contributed by atoms with E-state index in [0.29, 0.717) is 11.2 Å². The third-order valence-electron chi connectivity index (χ3n) is 1.59. The number of rotatable bonds is 0. The maximum Gasteiger partial charge on any atom is 0.0459 e. The van der Waals surface area contributed by atoms with Crippen LogP contribution in [-0.2, 0) is 0 Å². The highest BCUT2D eigenvalue weighted by molar-refractivity contribution is 8.03. The smallest absolute Gasteiger partial charge is 0.0459 e. The van der Waals surface area contributed by atoms with E-state index in [1.54, 1.807) is 6.21 Å². The second kappa shape index (κ2) is 2.18. The van der Waals surface area contributed by atoms with Crippen molar-refractivity contribution in [2.24, 2.45) is 10.9 Å². The summed E-state index contributed by atoms with van der Waals surface area (Å²) < 4.78 is 0. The number of hydrogen-bond donors (Lipinski definition) is 0. The van der Waals surface area contributed by atoms with Gasteiger partial charge >= 0.3 is 0 Å². The molecule has 2 unspecified atom stereocenters. The molecule has 0 saturated heterocycles. The van der Waals surface area contributed by atoms with Gasteiger partial charge in [-0.25, -0.2) is 0 Å². The van der Waals surface area contributed by atoms with Gasteiger partial charge in [-0.05, 0) is 5.41 Å². The molecule has 0 aliphatic carbocycles. The van der Waals surface area contributed by atoms with Crippen molar-refractivity contribution < 1.29 is 0 Å². The van der Waals surface area contributed by atoms with E-state index in [1.165, 1.54) is 0 Å². The summed E-state index contributed by atoms with van der Waals surface area (Å²) in [4.78, 5) is 4.12. The van der Waals surface area contributed by atoms with Crippen LogP contribution in [0.1, 0.15) is 0 Å². The van der Waals surface area contributed by atoms with E-state index in [-0.39, 0.29) is 0 Å². The van der Waals surface area contributed by atoms with Crippen LogP contribution in [0.2, 0.25) is 0 Å². The minimum absolute atomic E-state index is 0.572. The third-order valence-corrected chi connectivity index (χ3v) is 2.68. The first kappa shape index (κ1) is 5.54. The van der Waals surface area contributed by atoms with Crippen molar-refractivity contribution in [2.45, 2.75) is 5.25 Å². The average molecular weight is 137 g/mol. The second-order valence-corrected chi connectivity index (χ2v) is 3.26. The van der Waals surface area contributed by atoms with Crippen molar-refractivity contribution in [1.29, 1.82) is 0 Å². The Morgan fingerprint density at radius 2 is 2.67 bits per heavy atom. The molecule has 0 aromatic heterocycles. The molecule has 2 radical (unpaired) electrons. The molecule has 0 aromatic rings. The average Bonchev–Trinajstić information content (AvgIpc) is 2.33. The largest absolute Gasteiger partial charge is 0.296 e. The van der Waals surface area contributed by atoms with Crippen LogP contribution in [0.25, 0.3) is 0 Å². The predicted molar refractivity (Wildman–Crippen MR) is 40.6 cm³/mol. The van der Waals surface area contributed by atoms with Gasteiger partial charge in [0.1, 0.15) is 0 Å². The van der Waals surface area contributed by atoms with Crippen LogP contribution in [0.5, 0.6) is 0 Å². The van der Waals surface area contributed by atoms with Crippen LogP contribution in [0.4, 0.5) is 0 Å². The van der Waals surface area contributed by atoms with Crippen molar-refractivity contribution in [3.63, 3.8) is 0 Å². The van der Waals surface area contributed by atoms with Crippen molar-refractivity contribution in [3.8, 4) is 0 Å². The number of aliphatic imine (C=N–C) groups is 1. The minimum atomic E-state index is 0.572. The highest BCUT2D eigenvalue weighted by Gasteiger charge is 2.24. The zero-order valence-corrected chi connectivity index (χ0v) is 5.77. The normalized spacial score (nSPS) is 39.1. The molecule has 0 N–H and O–H groups in total. The van der Waals surface area contributed by atoms with Gasteiger partial charge < -0.3 is 0 Å². The highest BCUT2D eigenvalue weighted by Crippen LogP contribution is 2.32. The molecule has 2 atom stereocenters. The Morgan fingerprint density at radius 1 is 1.67 bits per heavy atom. The fraction of sp³-hybridized carbons (Fsp3) is 0.429. The second-order valence-electron chi connectivity index (χ2n) is 2.21. The summed E-state index contributed by atoms with van der Waals surface area (Å²) >= 11 is 1.84. The lowest BCUT2D eigenvalue weighted by molar-refractivity contribution is 0.675. The van der Waals surface area contributed by atoms with Crippen molar-refractivity contribution in [3.05, 3.63) is 17.9 Å². The van der Waals surface area contributed by atoms with Gasteiger partial charge in [0.25, 0.3) is 0 Å². The van der Waals surface area contributed by atoms with E-state index in [1.807, 2.05) is 11.8 Å². The molecule has 1 nitrogen and oxygen atoms in total. The lowest BCUT2D eigenvalue weighted by Gasteiger charge is -2.16. The quantitative estimate of drug-likeness (QED) is 0.491. The molecule has 2 aliphatic heterocycles. The van der Waals surface area contributed by atoms with Crippen LogP contribution in [0.15, 0.2) is 16.5 Å². The van der Waals surface area contributed by atoms with E-state index in [9.17, 15) is 0 Å². The Morgan fingerprint density at radius 3 is 3.56 bits per heavy atom. The Balaban J connectivity index is 2.13. The van der Waals surface area contributed by atoms with E-state index < -0.39 is 0 Å². The number of thioether (sulfide) groups is 1. The molecule has 0 saturated carbocycles. The fourth-order valence-corrected chi connectivity index (χ4v) is 2.03. The van der Waals surface area contributed by atoms with Crippen LogP contribution >= 0.6 is 11.8 Å². The van der Waals surface area contributed by atoms with Crippen LogP contribution in [-0.4, -0.2) is 18.0 Å². The minimum Gasteiger partial charge on any atom is -0.296 e. The van der Waals surface area contributed by atoms with Crippen LogP contribution in [0.3, 0.4) is 0 Å². The van der Waals surface area contributed by atoms with Gasteiger partial charge in [0, 0.05) is 30.3 Å². The summed E-state index contributed by atoms with van der Waals surface area (Å²) in [7, 11) is 0. The summed E-state index contributed by atoms with van der Waals surface area (Å²) in [5.41, 5.74) is 0. The van der Waals surface area contributed by atoms with Gasteiger partial charge in [-0.2, -0.15) is 0 Å². The molecule has 0 amide bonds. The molecule has 2 heterocycles. The third kappa shape index (κ3) is 0.917. The standard InChI is InChI=1S/C7H7NS/c1-3-8-5-6-2-4-9-7(1)6/h2-4,6-7H,5H2. The Bertz CT molecular complexity index is 162. The summed E-state index contributed by atoms with van der Waals surface area (Å²) in [5.74, 6) is 0.639. The van der Waals surface area contributed by atoms with Gasteiger partial charge in [0.15, 0.2) is 0 Å². The zero-order chi connectivity index (χ0) is 6.10. The van der Waals surface area contributed by atoms with Crippen LogP contribution < -0.4 is 0 Å². The Hall–Kier alpha value is -0.240. The zero-order valence-electron chi connectivity index (χ0n) is 4.95. The lowest BCUT2D eigenvalue weighted by Crippen LogP contribution is -2.19. The van der Waals surface area contributed by atoms with Gasteiger partial charge in [0.2, 0.25) is 0 Å². The van der Waals surface area contributed by atoms with Gasteiger partial charge in [0.05, 0.1) is 0 Å². The van der Waals surface area contributed by atoms with E-state index in [0.717, 1.165) is 6.54 Å². The molecule has 2 heteroatoms. The van der Waals surface area contributed by atoms with Crippen molar-refractivity contribution >= 4 is 18.0 Å². The van der Waals surface area contributed by atoms with E-state index >= 15 is 0 Å². The monoisotopic (exact) mass is 137 g/mol. The van der Waals surface area contributed by atoms with Gasteiger partial charge in [-0.15, -0.1) is 11.8 Å². The molecule has 0 spiro atoms. The highest BCUT2D eigenvalue weighted by atomic mass is 32.2. The molecular formula is C7H7NS. The summed E-state index contributed by atoms with van der Waals surface area (Å²) in [6, 6.07) is 0. The SMILES string of the molecule is [C]1C=NCC2C=CSC12. The summed E-state index contributed by atoms with van der Waals surface area (Å²) in [6.45, 7) is 0.959. The molecule has 2 aliphatic rings. The molecule has 0 aromatic carbocycles. The van der Waals surface area contributed by atoms with Gasteiger partial charge in [-0.3, -0.25) is 4.99 Å². The molecule has 9 heavy (non-hydrogen) atoms. The molecule has 0 bridgehead atoms. The molecule has 46 valence electrons. The first-order valence-electron chi connectivity index (χ1n) is 3.03. The van der Waals surface area contributed by atoms with Crippen molar-refractivity contribution in [2.75, 3.05) is 6.54 Å². The predicted octanol–water partition coefficient (Wildman–Crippen LogP) is 1.40. The molecule has 2 rings (SSSR count). The summed E-state index contributed by atoms with van der Waals surface area (Å²) in [5, 5.41) is 2.72. The lowest BCUT2D eigenvalue weighted by atomic mass is 10.0.